The molecule has 0 saturated carbocycles. The van der Waals surface area contributed by atoms with Crippen molar-refractivity contribution in [2.75, 3.05) is 0 Å². The van der Waals surface area contributed by atoms with Crippen LogP contribution in [-0.2, 0) is 11.2 Å². The largest absolute Gasteiger partial charge is 0.303 e. The first-order valence-electron chi connectivity index (χ1n) is 5.61. The minimum Gasteiger partial charge on any atom is -0.303 e. The van der Waals surface area contributed by atoms with Crippen molar-refractivity contribution in [3.8, 4) is 11.1 Å². The van der Waals surface area contributed by atoms with Crippen LogP contribution in [0.4, 0.5) is 8.78 Å². The molecule has 0 radical (unpaired) electrons. The van der Waals surface area contributed by atoms with Crippen LogP contribution in [0.15, 0.2) is 36.4 Å². The molecule has 0 spiro atoms. The third-order valence-corrected chi connectivity index (χ3v) is 2.88. The summed E-state index contributed by atoms with van der Waals surface area (Å²) in [6, 6.07) is 9.43. The number of aldehydes is 1. The highest BCUT2D eigenvalue weighted by molar-refractivity contribution is 5.74. The van der Waals surface area contributed by atoms with Crippen LogP contribution >= 0.6 is 0 Å². The molecule has 0 atom stereocenters. The first-order chi connectivity index (χ1) is 8.65. The van der Waals surface area contributed by atoms with Gasteiger partial charge in [-0.2, -0.15) is 0 Å². The van der Waals surface area contributed by atoms with Gasteiger partial charge in [0.1, 0.15) is 6.29 Å². The predicted octanol–water partition coefficient (Wildman–Crippen LogP) is 3.68. The lowest BCUT2D eigenvalue weighted by atomic mass is 9.93. The molecule has 18 heavy (non-hydrogen) atoms. The van der Waals surface area contributed by atoms with Gasteiger partial charge in [-0.05, 0) is 29.7 Å². The standard InChI is InChI=1S/C15H12F2O/c1-10-4-2-5-11(8-9-18)14(10)12-6-3-7-13(16)15(12)17/h2-7,9H,8H2,1H3. The van der Waals surface area contributed by atoms with Crippen LogP contribution in [0.2, 0.25) is 0 Å². The summed E-state index contributed by atoms with van der Waals surface area (Å²) < 4.78 is 27.1. The van der Waals surface area contributed by atoms with E-state index in [1.54, 1.807) is 12.1 Å². The van der Waals surface area contributed by atoms with Crippen molar-refractivity contribution in [3.63, 3.8) is 0 Å². The van der Waals surface area contributed by atoms with E-state index in [4.69, 9.17) is 0 Å². The smallest absolute Gasteiger partial charge is 0.166 e. The van der Waals surface area contributed by atoms with Crippen LogP contribution in [0, 0.1) is 18.6 Å². The second-order valence-electron chi connectivity index (χ2n) is 4.08. The highest BCUT2D eigenvalue weighted by Crippen LogP contribution is 2.30. The Hall–Kier alpha value is -2.03. The quantitative estimate of drug-likeness (QED) is 0.755. The zero-order valence-corrected chi connectivity index (χ0v) is 9.91. The Labute approximate surface area is 104 Å². The second-order valence-corrected chi connectivity index (χ2v) is 4.08. The molecule has 0 unspecified atom stereocenters. The average molecular weight is 246 g/mol. The Morgan fingerprint density at radius 2 is 1.83 bits per heavy atom. The summed E-state index contributed by atoms with van der Waals surface area (Å²) in [6.07, 6.45) is 0.947. The fraction of sp³-hybridized carbons (Fsp3) is 0.133. The molecule has 0 aliphatic carbocycles. The zero-order valence-electron chi connectivity index (χ0n) is 9.91. The summed E-state index contributed by atoms with van der Waals surface area (Å²) >= 11 is 0. The fourth-order valence-electron chi connectivity index (χ4n) is 2.07. The molecular formula is C15H12F2O. The number of rotatable bonds is 3. The van der Waals surface area contributed by atoms with E-state index in [0.29, 0.717) is 11.1 Å². The summed E-state index contributed by atoms with van der Waals surface area (Å²) in [6.45, 7) is 1.81. The Morgan fingerprint density at radius 3 is 2.56 bits per heavy atom. The number of carbonyl (C=O) groups excluding carboxylic acids is 1. The van der Waals surface area contributed by atoms with Gasteiger partial charge < -0.3 is 4.79 Å². The Bertz CT molecular complexity index is 591. The normalized spacial score (nSPS) is 10.4. The van der Waals surface area contributed by atoms with Crippen LogP contribution < -0.4 is 0 Å². The Morgan fingerprint density at radius 1 is 1.11 bits per heavy atom. The SMILES string of the molecule is Cc1cccc(CC=O)c1-c1cccc(F)c1F. The maximum absolute atomic E-state index is 13.8. The topological polar surface area (TPSA) is 17.1 Å². The molecule has 2 aromatic carbocycles. The number of hydrogen-bond donors (Lipinski definition) is 0. The van der Waals surface area contributed by atoms with E-state index in [-0.39, 0.29) is 12.0 Å². The number of aryl methyl sites for hydroxylation is 1. The van der Waals surface area contributed by atoms with Crippen molar-refractivity contribution in [1.82, 2.24) is 0 Å². The third-order valence-electron chi connectivity index (χ3n) is 2.88. The van der Waals surface area contributed by atoms with E-state index in [2.05, 4.69) is 0 Å². The van der Waals surface area contributed by atoms with E-state index in [9.17, 15) is 13.6 Å². The summed E-state index contributed by atoms with van der Waals surface area (Å²) in [7, 11) is 0. The highest BCUT2D eigenvalue weighted by atomic mass is 19.2. The molecule has 1 nitrogen and oxygen atoms in total. The number of carbonyl (C=O) groups is 1. The second kappa shape index (κ2) is 5.08. The molecule has 92 valence electrons. The van der Waals surface area contributed by atoms with Gasteiger partial charge in [0, 0.05) is 12.0 Å². The van der Waals surface area contributed by atoms with Gasteiger partial charge in [-0.3, -0.25) is 0 Å². The van der Waals surface area contributed by atoms with E-state index < -0.39 is 11.6 Å². The summed E-state index contributed by atoms with van der Waals surface area (Å²) in [5.41, 5.74) is 2.32. The molecule has 0 saturated heterocycles. The van der Waals surface area contributed by atoms with Gasteiger partial charge in [0.05, 0.1) is 0 Å². The number of halogens is 2. The minimum atomic E-state index is -0.882. The minimum absolute atomic E-state index is 0.187. The molecule has 0 amide bonds. The predicted molar refractivity (Wildman–Crippen MR) is 66.3 cm³/mol. The van der Waals surface area contributed by atoms with E-state index in [1.807, 2.05) is 13.0 Å². The molecule has 0 aliphatic heterocycles. The van der Waals surface area contributed by atoms with Gasteiger partial charge in [0.2, 0.25) is 0 Å². The molecule has 0 aromatic heterocycles. The van der Waals surface area contributed by atoms with Crippen molar-refractivity contribution < 1.29 is 13.6 Å². The van der Waals surface area contributed by atoms with Gasteiger partial charge in [0.25, 0.3) is 0 Å². The van der Waals surface area contributed by atoms with Gasteiger partial charge >= 0.3 is 0 Å². The Kier molecular flexibility index (Phi) is 3.51. The van der Waals surface area contributed by atoms with Crippen LogP contribution in [0.1, 0.15) is 11.1 Å². The van der Waals surface area contributed by atoms with Gasteiger partial charge in [-0.15, -0.1) is 0 Å². The maximum atomic E-state index is 13.8. The van der Waals surface area contributed by atoms with Crippen molar-refractivity contribution >= 4 is 6.29 Å². The van der Waals surface area contributed by atoms with Crippen LogP contribution in [0.3, 0.4) is 0 Å². The average Bonchev–Trinajstić information content (AvgIpc) is 2.34. The molecule has 3 heteroatoms. The lowest BCUT2D eigenvalue weighted by molar-refractivity contribution is -0.107. The van der Waals surface area contributed by atoms with Gasteiger partial charge in [-0.25, -0.2) is 8.78 Å². The first kappa shape index (κ1) is 12.4. The van der Waals surface area contributed by atoms with E-state index >= 15 is 0 Å². The lowest BCUT2D eigenvalue weighted by Gasteiger charge is -2.12. The molecule has 0 heterocycles. The third kappa shape index (κ3) is 2.16. The molecule has 0 fully saturated rings. The molecule has 2 aromatic rings. The number of benzene rings is 2. The summed E-state index contributed by atoms with van der Waals surface area (Å²) in [5, 5.41) is 0. The lowest BCUT2D eigenvalue weighted by Crippen LogP contribution is -1.97. The zero-order chi connectivity index (χ0) is 13.1. The maximum Gasteiger partial charge on any atom is 0.166 e. The number of hydrogen-bond acceptors (Lipinski definition) is 1. The monoisotopic (exact) mass is 246 g/mol. The molecule has 0 bridgehead atoms. The van der Waals surface area contributed by atoms with Crippen LogP contribution in [-0.4, -0.2) is 6.29 Å². The molecule has 2 rings (SSSR count). The summed E-state index contributed by atoms with van der Waals surface area (Å²) in [5.74, 6) is -1.76. The molecule has 0 aliphatic rings. The van der Waals surface area contributed by atoms with E-state index in [0.717, 1.165) is 17.9 Å². The summed E-state index contributed by atoms with van der Waals surface area (Å²) in [4.78, 5) is 10.7. The van der Waals surface area contributed by atoms with Crippen LogP contribution in [0.25, 0.3) is 11.1 Å². The molecular weight excluding hydrogens is 234 g/mol. The van der Waals surface area contributed by atoms with Crippen molar-refractivity contribution in [2.45, 2.75) is 13.3 Å². The van der Waals surface area contributed by atoms with Crippen molar-refractivity contribution in [1.29, 1.82) is 0 Å². The highest BCUT2D eigenvalue weighted by Gasteiger charge is 2.14. The van der Waals surface area contributed by atoms with E-state index in [1.165, 1.54) is 12.1 Å². The fourth-order valence-corrected chi connectivity index (χ4v) is 2.07. The first-order valence-corrected chi connectivity index (χ1v) is 5.61. The Balaban J connectivity index is 2.69. The van der Waals surface area contributed by atoms with Crippen LogP contribution in [0.5, 0.6) is 0 Å². The van der Waals surface area contributed by atoms with Crippen molar-refractivity contribution in [2.24, 2.45) is 0 Å². The molecule has 0 N–H and O–H groups in total. The van der Waals surface area contributed by atoms with Crippen molar-refractivity contribution in [3.05, 3.63) is 59.2 Å². The van der Waals surface area contributed by atoms with Gasteiger partial charge in [-0.1, -0.05) is 30.3 Å². The van der Waals surface area contributed by atoms with Gasteiger partial charge in [0.15, 0.2) is 11.6 Å².